The van der Waals surface area contributed by atoms with Gasteiger partial charge in [0.1, 0.15) is 29.5 Å². The molecule has 1 fully saturated rings. The molecule has 2 aromatic heterocycles. The molecule has 0 aliphatic carbocycles. The first-order valence-corrected chi connectivity index (χ1v) is 9.29. The van der Waals surface area contributed by atoms with E-state index in [0.717, 1.165) is 30.8 Å². The van der Waals surface area contributed by atoms with Gasteiger partial charge in [-0.05, 0) is 30.2 Å². The van der Waals surface area contributed by atoms with E-state index in [4.69, 9.17) is 15.2 Å². The molecule has 0 amide bonds. The van der Waals surface area contributed by atoms with E-state index in [-0.39, 0.29) is 6.10 Å². The number of aromatic nitrogens is 3. The number of nitriles is 1. The zero-order chi connectivity index (χ0) is 20.4. The second-order valence-corrected chi connectivity index (χ2v) is 6.89. The molecule has 8 heteroatoms. The van der Waals surface area contributed by atoms with Crippen molar-refractivity contribution in [2.75, 3.05) is 37.9 Å². The van der Waals surface area contributed by atoms with Gasteiger partial charge in [-0.1, -0.05) is 0 Å². The molecule has 29 heavy (non-hydrogen) atoms. The van der Waals surface area contributed by atoms with Gasteiger partial charge in [-0.25, -0.2) is 9.97 Å². The predicted octanol–water partition coefficient (Wildman–Crippen LogP) is 2.62. The zero-order valence-electron chi connectivity index (χ0n) is 16.4. The number of nitrogens with two attached hydrogens (primary N) is 1. The Kier molecular flexibility index (Phi) is 5.06. The maximum atomic E-state index is 9.90. The Morgan fingerprint density at radius 1 is 1.24 bits per heavy atom. The van der Waals surface area contributed by atoms with Gasteiger partial charge in [-0.15, -0.1) is 0 Å². The fraction of sp³-hybridized carbons (Fsp3) is 0.286. The first-order valence-electron chi connectivity index (χ1n) is 9.29. The Labute approximate surface area is 169 Å². The van der Waals surface area contributed by atoms with Crippen LogP contribution in [0.4, 0.5) is 11.5 Å². The van der Waals surface area contributed by atoms with E-state index in [0.29, 0.717) is 28.5 Å². The fourth-order valence-electron chi connectivity index (χ4n) is 3.65. The number of hydrogen-bond donors (Lipinski definition) is 1. The van der Waals surface area contributed by atoms with Crippen molar-refractivity contribution in [1.82, 2.24) is 14.5 Å². The van der Waals surface area contributed by atoms with Crippen molar-refractivity contribution in [3.05, 3.63) is 48.5 Å². The van der Waals surface area contributed by atoms with E-state index in [1.807, 2.05) is 18.2 Å². The molecule has 3 aromatic rings. The van der Waals surface area contributed by atoms with Crippen LogP contribution in [-0.4, -0.2) is 47.9 Å². The zero-order valence-corrected chi connectivity index (χ0v) is 16.4. The minimum atomic E-state index is 0.212. The maximum Gasteiger partial charge on any atom is 0.158 e. The van der Waals surface area contributed by atoms with Crippen LogP contribution in [0.5, 0.6) is 5.75 Å². The molecule has 1 saturated heterocycles. The van der Waals surface area contributed by atoms with E-state index in [9.17, 15) is 5.26 Å². The molecule has 0 saturated carbocycles. The summed E-state index contributed by atoms with van der Waals surface area (Å²) in [6, 6.07) is 9.95. The quantitative estimate of drug-likeness (QED) is 0.714. The second kappa shape index (κ2) is 7.81. The monoisotopic (exact) mass is 390 g/mol. The van der Waals surface area contributed by atoms with Crippen molar-refractivity contribution in [2.45, 2.75) is 12.5 Å². The molecular formula is C21H22N6O2. The molecule has 1 aromatic carbocycles. The Morgan fingerprint density at radius 2 is 2.10 bits per heavy atom. The Bertz CT molecular complexity index is 1060. The lowest BCUT2D eigenvalue weighted by Crippen LogP contribution is -2.22. The van der Waals surface area contributed by atoms with Gasteiger partial charge in [-0.3, -0.25) is 4.57 Å². The van der Waals surface area contributed by atoms with Gasteiger partial charge in [0.2, 0.25) is 0 Å². The van der Waals surface area contributed by atoms with Crippen LogP contribution in [0.3, 0.4) is 0 Å². The summed E-state index contributed by atoms with van der Waals surface area (Å²) in [6.07, 6.45) is 6.15. The molecule has 8 nitrogen and oxygen atoms in total. The van der Waals surface area contributed by atoms with Gasteiger partial charge >= 0.3 is 0 Å². The highest BCUT2D eigenvalue weighted by atomic mass is 16.5. The molecule has 4 rings (SSSR count). The van der Waals surface area contributed by atoms with E-state index in [2.05, 4.69) is 20.9 Å². The highest BCUT2D eigenvalue weighted by Gasteiger charge is 2.24. The second-order valence-electron chi connectivity index (χ2n) is 6.89. The summed E-state index contributed by atoms with van der Waals surface area (Å²) in [6.45, 7) is 1.71. The molecule has 0 unspecified atom stereocenters. The summed E-state index contributed by atoms with van der Waals surface area (Å²) in [7, 11) is 3.37. The van der Waals surface area contributed by atoms with Crippen molar-refractivity contribution in [3.8, 4) is 28.8 Å². The lowest BCUT2D eigenvalue weighted by Gasteiger charge is -2.21. The standard InChI is InChI=1S/C21H22N6O2/c1-28-16-3-5-26(12-16)15-7-14(8-17(9-15)29-2)18-10-20(23)25-21(19(18)11-22)27-6-4-24-13-27/h4,6-10,13,16H,3,5,12H2,1-2H3,(H2,23,25)/t16-/m0/s1. The molecule has 148 valence electrons. The van der Waals surface area contributed by atoms with E-state index in [1.165, 1.54) is 0 Å². The molecule has 1 aliphatic rings. The highest BCUT2D eigenvalue weighted by Crippen LogP contribution is 2.35. The number of methoxy groups -OCH3 is 2. The summed E-state index contributed by atoms with van der Waals surface area (Å²) < 4.78 is 12.7. The van der Waals surface area contributed by atoms with E-state index < -0.39 is 0 Å². The first kappa shape index (κ1) is 18.8. The Morgan fingerprint density at radius 3 is 2.76 bits per heavy atom. The highest BCUT2D eigenvalue weighted by molar-refractivity contribution is 5.79. The van der Waals surface area contributed by atoms with Crippen molar-refractivity contribution in [2.24, 2.45) is 0 Å². The average Bonchev–Trinajstić information content (AvgIpc) is 3.44. The number of ether oxygens (including phenoxy) is 2. The number of anilines is 2. The number of hydrogen-bond acceptors (Lipinski definition) is 7. The number of pyridine rings is 1. The number of nitrogens with zero attached hydrogens (tertiary/aromatic N) is 5. The van der Waals surface area contributed by atoms with Gasteiger partial charge < -0.3 is 20.1 Å². The molecular weight excluding hydrogens is 368 g/mol. The van der Waals surface area contributed by atoms with Crippen molar-refractivity contribution >= 4 is 11.5 Å². The summed E-state index contributed by atoms with van der Waals surface area (Å²) in [5, 5.41) is 9.90. The predicted molar refractivity (Wildman–Crippen MR) is 110 cm³/mol. The van der Waals surface area contributed by atoms with Crippen molar-refractivity contribution in [1.29, 1.82) is 5.26 Å². The molecule has 0 bridgehead atoms. The molecule has 3 heterocycles. The summed E-state index contributed by atoms with van der Waals surface area (Å²) >= 11 is 0. The van der Waals surface area contributed by atoms with Gasteiger partial charge in [0.15, 0.2) is 5.82 Å². The largest absolute Gasteiger partial charge is 0.497 e. The number of rotatable bonds is 5. The summed E-state index contributed by atoms with van der Waals surface area (Å²) in [4.78, 5) is 10.7. The molecule has 2 N–H and O–H groups in total. The van der Waals surface area contributed by atoms with Crippen LogP contribution < -0.4 is 15.4 Å². The van der Waals surface area contributed by atoms with Crippen LogP contribution in [0, 0.1) is 11.3 Å². The molecule has 0 radical (unpaired) electrons. The lowest BCUT2D eigenvalue weighted by atomic mass is 9.99. The molecule has 1 aliphatic heterocycles. The lowest BCUT2D eigenvalue weighted by molar-refractivity contribution is 0.121. The Hall–Kier alpha value is -3.57. The summed E-state index contributed by atoms with van der Waals surface area (Å²) in [5.74, 6) is 1.49. The average molecular weight is 390 g/mol. The van der Waals surface area contributed by atoms with E-state index in [1.54, 1.807) is 43.6 Å². The van der Waals surface area contributed by atoms with Crippen LogP contribution >= 0.6 is 0 Å². The van der Waals surface area contributed by atoms with Crippen LogP contribution in [0.2, 0.25) is 0 Å². The number of nitrogen functional groups attached to an aromatic ring is 1. The van der Waals surface area contributed by atoms with Crippen molar-refractivity contribution in [3.63, 3.8) is 0 Å². The first-order chi connectivity index (χ1) is 14.1. The van der Waals surface area contributed by atoms with Gasteiger partial charge in [0, 0.05) is 49.9 Å². The smallest absolute Gasteiger partial charge is 0.158 e. The minimum Gasteiger partial charge on any atom is -0.497 e. The molecule has 0 spiro atoms. The van der Waals surface area contributed by atoms with Crippen molar-refractivity contribution < 1.29 is 9.47 Å². The van der Waals surface area contributed by atoms with Crippen LogP contribution in [0.25, 0.3) is 16.9 Å². The topological polar surface area (TPSA) is 102 Å². The third-order valence-corrected chi connectivity index (χ3v) is 5.16. The third-order valence-electron chi connectivity index (χ3n) is 5.16. The van der Waals surface area contributed by atoms with Crippen LogP contribution in [-0.2, 0) is 4.74 Å². The SMILES string of the molecule is COc1cc(-c2cc(N)nc(-n3ccnc3)c2C#N)cc(N2CC[C@H](OC)C2)c1. The van der Waals surface area contributed by atoms with Gasteiger partial charge in [0.05, 0.1) is 13.2 Å². The van der Waals surface area contributed by atoms with Gasteiger partial charge in [0.25, 0.3) is 0 Å². The Balaban J connectivity index is 1.85. The van der Waals surface area contributed by atoms with Gasteiger partial charge in [-0.2, -0.15) is 5.26 Å². The number of benzene rings is 1. The van der Waals surface area contributed by atoms with E-state index >= 15 is 0 Å². The third kappa shape index (κ3) is 3.60. The van der Waals surface area contributed by atoms with Crippen LogP contribution in [0.15, 0.2) is 43.0 Å². The minimum absolute atomic E-state index is 0.212. The summed E-state index contributed by atoms with van der Waals surface area (Å²) in [5.41, 5.74) is 9.06. The normalized spacial score (nSPS) is 16.0. The molecule has 1 atom stereocenters. The maximum absolute atomic E-state index is 9.90. The number of imidazole rings is 1. The van der Waals surface area contributed by atoms with Crippen LogP contribution in [0.1, 0.15) is 12.0 Å². The fourth-order valence-corrected chi connectivity index (χ4v) is 3.65.